The van der Waals surface area contributed by atoms with Crippen LogP contribution in [0.5, 0.6) is 0 Å². The van der Waals surface area contributed by atoms with Crippen LogP contribution in [0.1, 0.15) is 387 Å². The molecule has 0 fully saturated rings. The largest absolute Gasteiger partial charge is 0.462 e. The van der Waals surface area contributed by atoms with E-state index in [1.807, 2.05) is 0 Å². The van der Waals surface area contributed by atoms with Gasteiger partial charge in [0.05, 0.1) is 0 Å². The van der Waals surface area contributed by atoms with Gasteiger partial charge in [0, 0.05) is 19.3 Å². The molecule has 0 spiro atoms. The number of hydrogen-bond acceptors (Lipinski definition) is 6. The van der Waals surface area contributed by atoms with Gasteiger partial charge in [-0.1, -0.05) is 348 Å². The zero-order chi connectivity index (χ0) is 52.2. The average Bonchev–Trinajstić information content (AvgIpc) is 3.38. The lowest BCUT2D eigenvalue weighted by Gasteiger charge is -2.18. The van der Waals surface area contributed by atoms with E-state index in [1.165, 1.54) is 289 Å². The Labute approximate surface area is 450 Å². The molecular weight excluding hydrogens is 889 g/mol. The lowest BCUT2D eigenvalue weighted by atomic mass is 10.0. The molecule has 6 heteroatoms. The summed E-state index contributed by atoms with van der Waals surface area (Å²) in [5.74, 6) is -0.838. The minimum Gasteiger partial charge on any atom is -0.462 e. The van der Waals surface area contributed by atoms with E-state index < -0.39 is 6.10 Å². The molecule has 0 amide bonds. The maximum Gasteiger partial charge on any atom is 0.306 e. The van der Waals surface area contributed by atoms with E-state index in [1.54, 1.807) is 0 Å². The van der Waals surface area contributed by atoms with Gasteiger partial charge in [-0.05, 0) is 19.3 Å². The fourth-order valence-electron chi connectivity index (χ4n) is 10.4. The molecule has 0 saturated carbocycles. The van der Waals surface area contributed by atoms with Gasteiger partial charge < -0.3 is 14.2 Å². The summed E-state index contributed by atoms with van der Waals surface area (Å²) in [5, 5.41) is 0. The molecule has 0 heterocycles. The molecule has 0 radical (unpaired) electrons. The summed E-state index contributed by atoms with van der Waals surface area (Å²) >= 11 is 0. The van der Waals surface area contributed by atoms with Crippen molar-refractivity contribution >= 4 is 17.9 Å². The summed E-state index contributed by atoms with van der Waals surface area (Å²) in [6.45, 7) is 6.68. The number of esters is 3. The van der Waals surface area contributed by atoms with Crippen LogP contribution in [0.4, 0.5) is 0 Å². The van der Waals surface area contributed by atoms with Crippen molar-refractivity contribution < 1.29 is 28.6 Å². The van der Waals surface area contributed by atoms with E-state index >= 15 is 0 Å². The number of carbonyl (C=O) groups excluding carboxylic acids is 3. The van der Waals surface area contributed by atoms with Crippen molar-refractivity contribution in [1.82, 2.24) is 0 Å². The average molecular weight is 1020 g/mol. The smallest absolute Gasteiger partial charge is 0.306 e. The van der Waals surface area contributed by atoms with E-state index in [0.717, 1.165) is 57.8 Å². The molecule has 0 aromatic rings. The first-order chi connectivity index (χ1) is 35.5. The predicted molar refractivity (Wildman–Crippen MR) is 312 cm³/mol. The first-order valence-corrected chi connectivity index (χ1v) is 33.0. The third-order valence-electron chi connectivity index (χ3n) is 15.4. The van der Waals surface area contributed by atoms with E-state index in [9.17, 15) is 14.4 Å². The monoisotopic (exact) mass is 1020 g/mol. The molecule has 0 saturated heterocycles. The number of rotatable bonds is 62. The van der Waals surface area contributed by atoms with Gasteiger partial charge in [-0.3, -0.25) is 14.4 Å². The molecule has 0 aliphatic rings. The molecule has 6 nitrogen and oxygen atoms in total. The highest BCUT2D eigenvalue weighted by Crippen LogP contribution is 2.19. The normalized spacial score (nSPS) is 11.9. The number of unbranched alkanes of at least 4 members (excludes halogenated alkanes) is 51. The van der Waals surface area contributed by atoms with Crippen LogP contribution in [0.15, 0.2) is 0 Å². The van der Waals surface area contributed by atoms with Crippen molar-refractivity contribution in [2.24, 2.45) is 0 Å². The first-order valence-electron chi connectivity index (χ1n) is 33.0. The second-order valence-electron chi connectivity index (χ2n) is 22.8. The standard InChI is InChI=1S/C66H128O6/c1-4-7-10-13-16-18-20-22-24-26-27-28-29-30-31-32-33-34-35-36-37-38-40-41-43-45-47-50-53-56-59-65(68)71-62-63(61-70-64(67)58-55-52-49-15-12-9-6-3)72-66(69)60-57-54-51-48-46-44-42-39-25-23-21-19-17-14-11-8-5-2/h63H,4-62H2,1-3H3. The molecule has 1 atom stereocenters. The zero-order valence-corrected chi connectivity index (χ0v) is 49.2. The Hall–Kier alpha value is -1.59. The van der Waals surface area contributed by atoms with Crippen molar-refractivity contribution in [3.8, 4) is 0 Å². The molecule has 0 aliphatic heterocycles. The van der Waals surface area contributed by atoms with Gasteiger partial charge in [-0.2, -0.15) is 0 Å². The zero-order valence-electron chi connectivity index (χ0n) is 49.2. The Balaban J connectivity index is 3.96. The summed E-state index contributed by atoms with van der Waals surface area (Å²) in [6, 6.07) is 0. The van der Waals surface area contributed by atoms with E-state index in [4.69, 9.17) is 14.2 Å². The fourth-order valence-corrected chi connectivity index (χ4v) is 10.4. The topological polar surface area (TPSA) is 78.9 Å². The summed E-state index contributed by atoms with van der Waals surface area (Å²) in [4.78, 5) is 38.0. The van der Waals surface area contributed by atoms with E-state index in [0.29, 0.717) is 19.3 Å². The summed E-state index contributed by atoms with van der Waals surface area (Å²) in [6.07, 6.45) is 71.6. The van der Waals surface area contributed by atoms with Gasteiger partial charge in [0.25, 0.3) is 0 Å². The number of hydrogen-bond donors (Lipinski definition) is 0. The Morgan fingerprint density at radius 3 is 0.556 bits per heavy atom. The van der Waals surface area contributed by atoms with Crippen LogP contribution in [-0.4, -0.2) is 37.2 Å². The van der Waals surface area contributed by atoms with E-state index in [-0.39, 0.29) is 31.1 Å². The summed E-state index contributed by atoms with van der Waals surface area (Å²) in [7, 11) is 0. The molecule has 72 heavy (non-hydrogen) atoms. The van der Waals surface area contributed by atoms with Crippen molar-refractivity contribution in [2.75, 3.05) is 13.2 Å². The second kappa shape index (κ2) is 62.0. The molecule has 0 aliphatic carbocycles. The van der Waals surface area contributed by atoms with Gasteiger partial charge in [0.1, 0.15) is 13.2 Å². The first kappa shape index (κ1) is 70.4. The third kappa shape index (κ3) is 59.3. The molecule has 0 N–H and O–H groups in total. The van der Waals surface area contributed by atoms with Crippen LogP contribution in [0.25, 0.3) is 0 Å². The van der Waals surface area contributed by atoms with Gasteiger partial charge >= 0.3 is 17.9 Å². The lowest BCUT2D eigenvalue weighted by molar-refractivity contribution is -0.167. The van der Waals surface area contributed by atoms with Crippen molar-refractivity contribution in [1.29, 1.82) is 0 Å². The molecule has 1 unspecified atom stereocenters. The minimum atomic E-state index is -0.760. The third-order valence-corrected chi connectivity index (χ3v) is 15.4. The van der Waals surface area contributed by atoms with Crippen LogP contribution in [0, 0.1) is 0 Å². The highest BCUT2D eigenvalue weighted by atomic mass is 16.6. The van der Waals surface area contributed by atoms with Crippen LogP contribution in [0.3, 0.4) is 0 Å². The number of ether oxygens (including phenoxy) is 3. The van der Waals surface area contributed by atoms with Crippen LogP contribution in [0.2, 0.25) is 0 Å². The van der Waals surface area contributed by atoms with Gasteiger partial charge in [0.2, 0.25) is 0 Å². The van der Waals surface area contributed by atoms with Crippen LogP contribution < -0.4 is 0 Å². The summed E-state index contributed by atoms with van der Waals surface area (Å²) < 4.78 is 16.9. The van der Waals surface area contributed by atoms with Crippen molar-refractivity contribution in [2.45, 2.75) is 393 Å². The molecule has 0 aromatic carbocycles. The van der Waals surface area contributed by atoms with Gasteiger partial charge in [-0.25, -0.2) is 0 Å². The molecular formula is C66H128O6. The highest BCUT2D eigenvalue weighted by Gasteiger charge is 2.19. The second-order valence-corrected chi connectivity index (χ2v) is 22.8. The fraction of sp³-hybridized carbons (Fsp3) is 0.955. The highest BCUT2D eigenvalue weighted by molar-refractivity contribution is 5.71. The van der Waals surface area contributed by atoms with Crippen molar-refractivity contribution in [3.05, 3.63) is 0 Å². The SMILES string of the molecule is CCCCCCCCCCCCCCCCCCCCCCCCCCCCCCCCC(=O)OCC(COC(=O)CCCCCCCCC)OC(=O)CCCCCCCCCCCCCCCCCCC. The van der Waals surface area contributed by atoms with Crippen molar-refractivity contribution in [3.63, 3.8) is 0 Å². The Morgan fingerprint density at radius 1 is 0.222 bits per heavy atom. The maximum atomic E-state index is 12.8. The van der Waals surface area contributed by atoms with Crippen LogP contribution >= 0.6 is 0 Å². The molecule has 0 aromatic heterocycles. The maximum absolute atomic E-state index is 12.8. The summed E-state index contributed by atoms with van der Waals surface area (Å²) in [5.41, 5.74) is 0. The van der Waals surface area contributed by atoms with E-state index in [2.05, 4.69) is 20.8 Å². The Bertz CT molecular complexity index is 1080. The Kier molecular flexibility index (Phi) is 60.6. The van der Waals surface area contributed by atoms with Gasteiger partial charge in [-0.15, -0.1) is 0 Å². The van der Waals surface area contributed by atoms with Crippen LogP contribution in [-0.2, 0) is 28.6 Å². The molecule has 428 valence electrons. The molecule has 0 bridgehead atoms. The minimum absolute atomic E-state index is 0.0616. The Morgan fingerprint density at radius 2 is 0.375 bits per heavy atom. The predicted octanol–water partition coefficient (Wildman–Crippen LogP) is 22.3. The molecule has 0 rings (SSSR count). The lowest BCUT2D eigenvalue weighted by Crippen LogP contribution is -2.30. The number of carbonyl (C=O) groups is 3. The quantitative estimate of drug-likeness (QED) is 0.0343. The van der Waals surface area contributed by atoms with Gasteiger partial charge in [0.15, 0.2) is 6.10 Å².